The summed E-state index contributed by atoms with van der Waals surface area (Å²) >= 11 is 0. The lowest BCUT2D eigenvalue weighted by Gasteiger charge is -2.11. The summed E-state index contributed by atoms with van der Waals surface area (Å²) in [6.45, 7) is 3.18. The normalized spacial score (nSPS) is 20.7. The van der Waals surface area contributed by atoms with Crippen LogP contribution in [-0.4, -0.2) is 30.4 Å². The van der Waals surface area contributed by atoms with Crippen molar-refractivity contribution in [2.45, 2.75) is 19.0 Å². The van der Waals surface area contributed by atoms with Gasteiger partial charge >= 0.3 is 0 Å². The van der Waals surface area contributed by atoms with Gasteiger partial charge in [-0.05, 0) is 12.5 Å². The van der Waals surface area contributed by atoms with Gasteiger partial charge in [-0.15, -0.1) is 0 Å². The van der Waals surface area contributed by atoms with Crippen LogP contribution >= 0.6 is 0 Å². The maximum absolute atomic E-state index is 11.4. The van der Waals surface area contributed by atoms with Gasteiger partial charge < -0.3 is 14.6 Å². The van der Waals surface area contributed by atoms with Crippen LogP contribution in [-0.2, 0) is 11.3 Å². The van der Waals surface area contributed by atoms with Gasteiger partial charge in [0.15, 0.2) is 0 Å². The zero-order chi connectivity index (χ0) is 10.5. The third-order valence-corrected chi connectivity index (χ3v) is 2.61. The molecule has 0 radical (unpaired) electrons. The number of nitrogens with zero attached hydrogens (tertiary/aromatic N) is 1. The van der Waals surface area contributed by atoms with E-state index in [1.807, 2.05) is 12.3 Å². The molecule has 0 spiro atoms. The number of rotatable bonds is 4. The third kappa shape index (κ3) is 2.91. The molecular formula is C11H16N2O2. The molecule has 1 aliphatic heterocycles. The Morgan fingerprint density at radius 1 is 1.53 bits per heavy atom. The van der Waals surface area contributed by atoms with E-state index in [1.54, 1.807) is 16.7 Å². The second-order valence-corrected chi connectivity index (χ2v) is 3.75. The minimum Gasteiger partial charge on any atom is -0.380 e. The van der Waals surface area contributed by atoms with Crippen LogP contribution in [0.1, 0.15) is 6.42 Å². The maximum atomic E-state index is 11.4. The molecule has 15 heavy (non-hydrogen) atoms. The Kier molecular flexibility index (Phi) is 3.53. The van der Waals surface area contributed by atoms with Gasteiger partial charge in [-0.25, -0.2) is 0 Å². The molecule has 1 unspecified atom stereocenters. The molecule has 1 fully saturated rings. The molecule has 0 saturated carbocycles. The maximum Gasteiger partial charge on any atom is 0.250 e. The summed E-state index contributed by atoms with van der Waals surface area (Å²) in [6.07, 6.45) is 2.89. The summed E-state index contributed by atoms with van der Waals surface area (Å²) in [7, 11) is 0. The Labute approximate surface area is 88.9 Å². The molecule has 1 N–H and O–H groups in total. The predicted molar refractivity (Wildman–Crippen MR) is 57.9 cm³/mol. The van der Waals surface area contributed by atoms with E-state index in [4.69, 9.17) is 4.74 Å². The van der Waals surface area contributed by atoms with Crippen LogP contribution < -0.4 is 10.9 Å². The van der Waals surface area contributed by atoms with E-state index in [0.29, 0.717) is 6.04 Å². The van der Waals surface area contributed by atoms with Gasteiger partial charge in [0, 0.05) is 38.0 Å². The predicted octanol–water partition coefficient (Wildman–Crippen LogP) is 0.227. The van der Waals surface area contributed by atoms with Crippen molar-refractivity contribution in [3.8, 4) is 0 Å². The Morgan fingerprint density at radius 2 is 2.47 bits per heavy atom. The lowest BCUT2D eigenvalue weighted by atomic mass is 10.2. The minimum atomic E-state index is 0.0574. The average Bonchev–Trinajstić information content (AvgIpc) is 2.74. The first-order valence-corrected chi connectivity index (χ1v) is 5.33. The minimum absolute atomic E-state index is 0.0574. The van der Waals surface area contributed by atoms with Crippen LogP contribution in [0.15, 0.2) is 29.2 Å². The van der Waals surface area contributed by atoms with Gasteiger partial charge in [-0.3, -0.25) is 4.79 Å². The summed E-state index contributed by atoms with van der Waals surface area (Å²) in [5.74, 6) is 0. The molecule has 4 heteroatoms. The molecule has 1 aromatic heterocycles. The molecule has 2 rings (SSSR count). The first-order valence-electron chi connectivity index (χ1n) is 5.33. The highest BCUT2D eigenvalue weighted by molar-refractivity contribution is 4.93. The van der Waals surface area contributed by atoms with Crippen molar-refractivity contribution in [1.82, 2.24) is 9.88 Å². The first kappa shape index (κ1) is 10.4. The van der Waals surface area contributed by atoms with Gasteiger partial charge in [0.05, 0.1) is 6.61 Å². The summed E-state index contributed by atoms with van der Waals surface area (Å²) < 4.78 is 6.96. The highest BCUT2D eigenvalue weighted by Crippen LogP contribution is 2.02. The van der Waals surface area contributed by atoms with Gasteiger partial charge in [-0.1, -0.05) is 6.07 Å². The number of hydrogen-bond acceptors (Lipinski definition) is 3. The molecule has 2 heterocycles. The van der Waals surface area contributed by atoms with Crippen LogP contribution in [0.3, 0.4) is 0 Å². The van der Waals surface area contributed by atoms with E-state index in [-0.39, 0.29) is 5.56 Å². The molecule has 0 bridgehead atoms. The van der Waals surface area contributed by atoms with Crippen molar-refractivity contribution >= 4 is 0 Å². The van der Waals surface area contributed by atoms with Gasteiger partial charge in [0.2, 0.25) is 0 Å². The lowest BCUT2D eigenvalue weighted by molar-refractivity contribution is 0.190. The van der Waals surface area contributed by atoms with Crippen LogP contribution in [0, 0.1) is 0 Å². The molecule has 0 amide bonds. The second kappa shape index (κ2) is 5.09. The number of nitrogens with one attached hydrogen (secondary N) is 1. The fraction of sp³-hybridized carbons (Fsp3) is 0.545. The van der Waals surface area contributed by atoms with Crippen molar-refractivity contribution in [3.63, 3.8) is 0 Å². The van der Waals surface area contributed by atoms with Crippen molar-refractivity contribution < 1.29 is 4.74 Å². The van der Waals surface area contributed by atoms with Crippen molar-refractivity contribution in [2.75, 3.05) is 19.8 Å². The average molecular weight is 208 g/mol. The van der Waals surface area contributed by atoms with Gasteiger partial charge in [-0.2, -0.15) is 0 Å². The van der Waals surface area contributed by atoms with Crippen molar-refractivity contribution in [2.24, 2.45) is 0 Å². The van der Waals surface area contributed by atoms with E-state index < -0.39 is 0 Å². The van der Waals surface area contributed by atoms with Crippen LogP contribution in [0.4, 0.5) is 0 Å². The summed E-state index contributed by atoms with van der Waals surface area (Å²) in [5, 5.41) is 3.37. The fourth-order valence-electron chi connectivity index (χ4n) is 1.73. The molecule has 4 nitrogen and oxygen atoms in total. The van der Waals surface area contributed by atoms with Crippen molar-refractivity contribution in [1.29, 1.82) is 0 Å². The molecular weight excluding hydrogens is 192 g/mol. The van der Waals surface area contributed by atoms with E-state index in [0.717, 1.165) is 32.7 Å². The van der Waals surface area contributed by atoms with Gasteiger partial charge in [0.1, 0.15) is 0 Å². The molecule has 0 aliphatic carbocycles. The molecule has 1 saturated heterocycles. The number of hydrogen-bond donors (Lipinski definition) is 1. The Bertz CT molecular complexity index is 356. The molecule has 1 aromatic rings. The topological polar surface area (TPSA) is 43.3 Å². The molecule has 1 atom stereocenters. The summed E-state index contributed by atoms with van der Waals surface area (Å²) in [5.41, 5.74) is 0.0574. The Morgan fingerprint density at radius 3 is 3.20 bits per heavy atom. The lowest BCUT2D eigenvalue weighted by Crippen LogP contribution is -2.33. The second-order valence-electron chi connectivity index (χ2n) is 3.75. The van der Waals surface area contributed by atoms with Crippen molar-refractivity contribution in [3.05, 3.63) is 34.7 Å². The summed E-state index contributed by atoms with van der Waals surface area (Å²) in [6, 6.07) is 5.68. The smallest absolute Gasteiger partial charge is 0.250 e. The summed E-state index contributed by atoms with van der Waals surface area (Å²) in [4.78, 5) is 11.4. The van der Waals surface area contributed by atoms with Crippen LogP contribution in [0.2, 0.25) is 0 Å². The first-order chi connectivity index (χ1) is 7.36. The Balaban J connectivity index is 1.78. The van der Waals surface area contributed by atoms with E-state index in [1.165, 1.54) is 0 Å². The zero-order valence-electron chi connectivity index (χ0n) is 8.69. The third-order valence-electron chi connectivity index (χ3n) is 2.61. The molecule has 82 valence electrons. The van der Waals surface area contributed by atoms with Crippen LogP contribution in [0.25, 0.3) is 0 Å². The van der Waals surface area contributed by atoms with Crippen LogP contribution in [0.5, 0.6) is 0 Å². The number of pyridine rings is 1. The number of aromatic nitrogens is 1. The monoisotopic (exact) mass is 208 g/mol. The SMILES string of the molecule is O=c1ccccn1CCNC1CCOC1. The number of ether oxygens (including phenoxy) is 1. The van der Waals surface area contributed by atoms with Gasteiger partial charge in [0.25, 0.3) is 5.56 Å². The fourth-order valence-corrected chi connectivity index (χ4v) is 1.73. The highest BCUT2D eigenvalue weighted by Gasteiger charge is 2.13. The van der Waals surface area contributed by atoms with E-state index in [9.17, 15) is 4.79 Å². The molecule has 0 aromatic carbocycles. The quantitative estimate of drug-likeness (QED) is 0.770. The van der Waals surface area contributed by atoms with E-state index >= 15 is 0 Å². The highest BCUT2D eigenvalue weighted by atomic mass is 16.5. The zero-order valence-corrected chi connectivity index (χ0v) is 8.69. The largest absolute Gasteiger partial charge is 0.380 e. The molecule has 1 aliphatic rings. The Hall–Kier alpha value is -1.13. The standard InChI is InChI=1S/C11H16N2O2/c14-11-3-1-2-6-13(11)7-5-12-10-4-8-15-9-10/h1-3,6,10,12H,4-5,7-9H2. The van der Waals surface area contributed by atoms with E-state index in [2.05, 4.69) is 5.32 Å².